The summed E-state index contributed by atoms with van der Waals surface area (Å²) in [4.78, 5) is 258. The smallest absolute Gasteiger partial charge is 0.248 e. The van der Waals surface area contributed by atoms with Crippen LogP contribution in [0.5, 0.6) is 0 Å². The second kappa shape index (κ2) is 45.5. The van der Waals surface area contributed by atoms with Gasteiger partial charge in [0, 0.05) is 75.8 Å². The first-order chi connectivity index (χ1) is 60.0. The van der Waals surface area contributed by atoms with Gasteiger partial charge >= 0.3 is 0 Å². The van der Waals surface area contributed by atoms with Crippen molar-refractivity contribution >= 4 is 117 Å². The van der Waals surface area contributed by atoms with Gasteiger partial charge in [-0.05, 0) is 143 Å². The number of aliphatic hydroxyl groups is 4. The number of nitrogens with two attached hydrogens (primary N) is 2. The molecule has 22 N–H and O–H groups in total. The Kier molecular flexibility index (Phi) is 37.4. The zero-order valence-corrected chi connectivity index (χ0v) is 77.0. The summed E-state index contributed by atoms with van der Waals surface area (Å²) in [6, 6.07) is 1.45. The van der Waals surface area contributed by atoms with Gasteiger partial charge in [-0.2, -0.15) is 0 Å². The van der Waals surface area contributed by atoms with E-state index in [4.69, 9.17) is 11.5 Å². The number of hydrogen-bond acceptors (Lipinski definition) is 22. The zero-order chi connectivity index (χ0) is 97.0. The van der Waals surface area contributed by atoms with Crippen molar-refractivity contribution in [2.24, 2.45) is 29.2 Å². The molecule has 0 aliphatic carbocycles. The van der Waals surface area contributed by atoms with Gasteiger partial charge in [0.2, 0.25) is 106 Å². The minimum absolute atomic E-state index is 0.0315. The van der Waals surface area contributed by atoms with Gasteiger partial charge in [-0.1, -0.05) is 103 Å². The second-order valence-corrected chi connectivity index (χ2v) is 37.1. The van der Waals surface area contributed by atoms with Crippen LogP contribution in [0.25, 0.3) is 10.9 Å². The van der Waals surface area contributed by atoms with E-state index in [0.29, 0.717) is 31.2 Å². The SMILES string of the molecule is CCC(C)C(NC(=O)C(Cc1c[nH]c2ccccc12)NC(C)=O)C(=O)NC(CCC(N)=O)C(=O)NC(C)(C)C(=O)NC(C(=O)N[C@H](C(=O)NC(C)(C)C(=O)NC(C(=O)NC(C)(C)C(=O)N1CC(O)CC1C(=O)NC(CCC(N)=O)C(=O)NC(C)(C)C(=O)N1CC(O)CC1C(=O)NC(C)(C)C(=O)N1CCCC1C(=O)NC(CO)Cc1ccccc1)C(C)C)[C@@H](C)O)C(C)CC. The number of carbonyl (C=O) groups is 18. The van der Waals surface area contributed by atoms with Crippen LogP contribution in [0.3, 0.4) is 0 Å². The van der Waals surface area contributed by atoms with Crippen LogP contribution in [0.1, 0.15) is 200 Å². The number of nitrogens with one attached hydrogen (secondary N) is 14. The maximum absolute atomic E-state index is 14.7. The molecule has 0 saturated carbocycles. The Morgan fingerprint density at radius 2 is 0.899 bits per heavy atom. The summed E-state index contributed by atoms with van der Waals surface area (Å²) in [6.45, 7) is 24.1. The van der Waals surface area contributed by atoms with Crippen molar-refractivity contribution < 1.29 is 107 Å². The van der Waals surface area contributed by atoms with E-state index in [-0.39, 0.29) is 38.8 Å². The molecule has 3 saturated heterocycles. The summed E-state index contributed by atoms with van der Waals surface area (Å²) in [5, 5.41) is 77.9. The molecule has 129 heavy (non-hydrogen) atoms. The third kappa shape index (κ3) is 28.9. The molecule has 3 aliphatic heterocycles. The lowest BCUT2D eigenvalue weighted by molar-refractivity contribution is -0.148. The summed E-state index contributed by atoms with van der Waals surface area (Å²) in [7, 11) is 0. The molecule has 714 valence electrons. The number of aromatic nitrogens is 1. The summed E-state index contributed by atoms with van der Waals surface area (Å²) in [5.41, 5.74) is 3.89. The maximum atomic E-state index is 14.7. The highest BCUT2D eigenvalue weighted by atomic mass is 16.3. The lowest BCUT2D eigenvalue weighted by Gasteiger charge is -2.37. The lowest BCUT2D eigenvalue weighted by Crippen LogP contribution is -2.66. The number of β-amino-alcohol motifs (C(OH)–C–C–N with tert-alkyl or cyclic N) is 2. The van der Waals surface area contributed by atoms with Crippen LogP contribution in [-0.2, 0) is 99.1 Å². The van der Waals surface area contributed by atoms with Crippen molar-refractivity contribution in [3.8, 4) is 0 Å². The van der Waals surface area contributed by atoms with Gasteiger partial charge in [-0.25, -0.2) is 0 Å². The van der Waals surface area contributed by atoms with Gasteiger partial charge in [0.05, 0.1) is 31.0 Å². The van der Waals surface area contributed by atoms with E-state index < -0.39 is 275 Å². The van der Waals surface area contributed by atoms with Gasteiger partial charge in [0.1, 0.15) is 88.1 Å². The molecule has 3 aliphatic rings. The number of hydrogen-bond donors (Lipinski definition) is 20. The van der Waals surface area contributed by atoms with Gasteiger partial charge in [-0.3, -0.25) is 86.3 Å². The monoisotopic (exact) mass is 1810 g/mol. The van der Waals surface area contributed by atoms with Gasteiger partial charge in [0.25, 0.3) is 0 Å². The standard InChI is InChI=1S/C88H135N19O22/c1-19-46(5)66(96-69(115)59(92-49(8)110)38-51-41-91-56-30-25-24-29-55(51)56)75(121)95-58(33-35-64(90)114)70(116)100-84(9,10)80(126)99-67(47(6)20-2)76(122)97-68(48(7)109)78(124)103-85(11,12)79(125)98-65(45(3)4)77(123)104-88(17,18)83(129)106-42-53(111)39-61(106)73(119)94-57(32-34-63(89)113)71(117)101-87(15,16)82(128)107-43-54(112)40-62(107)74(120)102-86(13,14)81(127)105-36-26-31-60(105)72(118)93-52(44-108)37-50-27-22-21-23-28-50/h21-25,27-30,41,45-48,52-54,57-62,65-68,91,108-109,111-112H,19-20,26,31-40,42-44H2,1-18H3,(H2,89,113)(H2,90,114)(H,92,110)(H,93,118)(H,94,119)(H,95,121)(H,96,115)(H,97,122)(H,98,125)(H,99,126)(H,100,116)(H,101,117)(H,102,120)(H,103,124)(H,104,123)/t46?,47?,48-,52?,53?,54?,57?,58?,59?,60?,61?,62?,65?,66?,67?,68+/m1/s1. The number of benzene rings is 2. The molecular weight excluding hydrogens is 1680 g/mol. The second-order valence-electron chi connectivity index (χ2n) is 37.1. The maximum Gasteiger partial charge on any atom is 0.248 e. The fourth-order valence-electron chi connectivity index (χ4n) is 15.6. The molecule has 16 atom stereocenters. The highest BCUT2D eigenvalue weighted by Crippen LogP contribution is 2.29. The number of nitrogens with zero attached hydrogens (tertiary/aromatic N) is 3. The number of carbonyl (C=O) groups excluding carboxylic acids is 18. The molecule has 41 nitrogen and oxygen atoms in total. The van der Waals surface area contributed by atoms with Crippen LogP contribution in [-0.4, -0.2) is 285 Å². The van der Waals surface area contributed by atoms with E-state index in [1.165, 1.54) is 81.1 Å². The number of rotatable bonds is 45. The average molecular weight is 1810 g/mol. The highest BCUT2D eigenvalue weighted by Gasteiger charge is 2.51. The van der Waals surface area contributed by atoms with Crippen molar-refractivity contribution in [3.63, 3.8) is 0 Å². The largest absolute Gasteiger partial charge is 0.394 e. The Bertz CT molecular complexity index is 4590. The summed E-state index contributed by atoms with van der Waals surface area (Å²) < 4.78 is 0. The van der Waals surface area contributed by atoms with Crippen molar-refractivity contribution in [3.05, 3.63) is 71.9 Å². The molecule has 18 amide bonds. The molecule has 4 heterocycles. The minimum Gasteiger partial charge on any atom is -0.394 e. The quantitative estimate of drug-likeness (QED) is 0.0266. The molecule has 0 radical (unpaired) electrons. The normalized spacial score (nSPS) is 19.2. The van der Waals surface area contributed by atoms with Crippen molar-refractivity contribution in [2.75, 3.05) is 26.2 Å². The Labute approximate surface area is 751 Å². The molecular formula is C88H135N19O22. The first kappa shape index (κ1) is 106. The molecule has 2 aromatic carbocycles. The Balaban J connectivity index is 1.07. The zero-order valence-electron chi connectivity index (χ0n) is 77.0. The van der Waals surface area contributed by atoms with Crippen LogP contribution in [0.2, 0.25) is 0 Å². The van der Waals surface area contributed by atoms with E-state index in [0.717, 1.165) is 33.2 Å². The number of likely N-dealkylation sites (tertiary alicyclic amines) is 3. The number of aliphatic hydroxyl groups excluding tert-OH is 4. The number of aromatic amines is 1. The van der Waals surface area contributed by atoms with E-state index in [9.17, 15) is 107 Å². The molecule has 0 spiro atoms. The highest BCUT2D eigenvalue weighted by molar-refractivity contribution is 6.04. The van der Waals surface area contributed by atoms with Crippen LogP contribution in [0, 0.1) is 17.8 Å². The third-order valence-corrected chi connectivity index (χ3v) is 23.6. The first-order valence-electron chi connectivity index (χ1n) is 43.8. The van der Waals surface area contributed by atoms with E-state index >= 15 is 0 Å². The summed E-state index contributed by atoms with van der Waals surface area (Å²) >= 11 is 0. The fourth-order valence-corrected chi connectivity index (χ4v) is 15.6. The molecule has 14 unspecified atom stereocenters. The molecule has 1 aromatic heterocycles. The van der Waals surface area contributed by atoms with Crippen molar-refractivity contribution in [1.29, 1.82) is 0 Å². The lowest BCUT2D eigenvalue weighted by atomic mass is 9.94. The summed E-state index contributed by atoms with van der Waals surface area (Å²) in [6.07, 6.45) is -3.40. The van der Waals surface area contributed by atoms with Gasteiger partial charge in [0.15, 0.2) is 0 Å². The molecule has 3 fully saturated rings. The number of para-hydroxylation sites is 1. The predicted molar refractivity (Wildman–Crippen MR) is 471 cm³/mol. The van der Waals surface area contributed by atoms with Gasteiger partial charge in [-0.15, -0.1) is 0 Å². The number of H-pyrrole nitrogens is 1. The van der Waals surface area contributed by atoms with E-state index in [1.807, 2.05) is 54.6 Å². The predicted octanol–water partition coefficient (Wildman–Crippen LogP) is -3.11. The third-order valence-electron chi connectivity index (χ3n) is 23.6. The average Bonchev–Trinajstić information content (AvgIpc) is 1.67. The Morgan fingerprint density at radius 1 is 0.465 bits per heavy atom. The van der Waals surface area contributed by atoms with Crippen LogP contribution in [0.4, 0.5) is 0 Å². The number of amides is 18. The van der Waals surface area contributed by atoms with Crippen LogP contribution >= 0.6 is 0 Å². The topological polar surface area (TPSA) is 622 Å². The molecule has 41 heteroatoms. The minimum atomic E-state index is -1.97. The van der Waals surface area contributed by atoms with Crippen molar-refractivity contribution in [2.45, 2.75) is 314 Å². The number of fused-ring (bicyclic) bond motifs is 1. The van der Waals surface area contributed by atoms with E-state index in [1.54, 1.807) is 47.7 Å². The Hall–Kier alpha value is -11.7. The van der Waals surface area contributed by atoms with Crippen molar-refractivity contribution in [1.82, 2.24) is 88.8 Å². The summed E-state index contributed by atoms with van der Waals surface area (Å²) in [5.74, 6) is -17.8. The van der Waals surface area contributed by atoms with E-state index in [2.05, 4.69) is 74.1 Å². The Morgan fingerprint density at radius 3 is 1.40 bits per heavy atom. The molecule has 3 aromatic rings. The molecule has 6 rings (SSSR count). The first-order valence-corrected chi connectivity index (χ1v) is 43.8. The fraction of sp³-hybridized carbons (Fsp3) is 0.636. The van der Waals surface area contributed by atoms with Gasteiger partial charge < -0.3 is 121 Å². The molecule has 0 bridgehead atoms. The van der Waals surface area contributed by atoms with Crippen LogP contribution in [0.15, 0.2) is 60.8 Å². The van der Waals surface area contributed by atoms with Crippen LogP contribution < -0.4 is 80.6 Å². The number of primary amides is 2.